The van der Waals surface area contributed by atoms with Crippen molar-refractivity contribution in [2.75, 3.05) is 26.7 Å². The second-order valence-corrected chi connectivity index (χ2v) is 9.71. The topological polar surface area (TPSA) is 134 Å². The number of methoxy groups -OCH3 is 2. The van der Waals surface area contributed by atoms with E-state index >= 15 is 0 Å². The first-order valence-corrected chi connectivity index (χ1v) is 12.0. The molecular weight excluding hydrogens is 412 g/mol. The first kappa shape index (κ1) is 24.0. The van der Waals surface area contributed by atoms with Crippen LogP contribution in [0.25, 0.3) is 0 Å². The van der Waals surface area contributed by atoms with E-state index < -0.39 is 9.73 Å². The highest BCUT2D eigenvalue weighted by atomic mass is 32.2. The van der Waals surface area contributed by atoms with Gasteiger partial charge >= 0.3 is 0 Å². The molecule has 0 amide bonds. The molecule has 0 N–H and O–H groups in total. The van der Waals surface area contributed by atoms with Crippen molar-refractivity contribution in [2.24, 2.45) is 8.73 Å². The zero-order valence-electron chi connectivity index (χ0n) is 16.6. The SMILES string of the molecule is COc1ccc(CS(C)(=O)=NC#N)cn1.COc1ccc(CS(C)=NC#N)cn1. The van der Waals surface area contributed by atoms with Gasteiger partial charge < -0.3 is 9.47 Å². The minimum absolute atomic E-state index is 0.220. The van der Waals surface area contributed by atoms with Crippen molar-refractivity contribution in [3.05, 3.63) is 47.8 Å². The molecule has 0 saturated carbocycles. The Hall–Kier alpha value is -3.02. The summed E-state index contributed by atoms with van der Waals surface area (Å²) in [4.78, 5) is 8.04. The van der Waals surface area contributed by atoms with Gasteiger partial charge in [0.1, 0.15) is 0 Å². The molecule has 9 nitrogen and oxygen atoms in total. The highest BCUT2D eigenvalue weighted by Crippen LogP contribution is 2.10. The van der Waals surface area contributed by atoms with Gasteiger partial charge in [-0.3, -0.25) is 0 Å². The molecule has 29 heavy (non-hydrogen) atoms. The molecule has 2 heterocycles. The molecule has 2 rings (SSSR count). The summed E-state index contributed by atoms with van der Waals surface area (Å²) < 4.78 is 28.6. The highest BCUT2D eigenvalue weighted by molar-refractivity contribution is 7.92. The molecular formula is C18H22N6O3S2. The third-order valence-corrected chi connectivity index (χ3v) is 5.74. The quantitative estimate of drug-likeness (QED) is 0.638. The fourth-order valence-electron chi connectivity index (χ4n) is 2.01. The second-order valence-electron chi connectivity index (χ2n) is 5.65. The fraction of sp³-hybridized carbons (Fsp3) is 0.333. The van der Waals surface area contributed by atoms with Gasteiger partial charge in [-0.2, -0.15) is 14.9 Å². The van der Waals surface area contributed by atoms with Crippen LogP contribution in [0.2, 0.25) is 0 Å². The minimum Gasteiger partial charge on any atom is -0.481 e. The third kappa shape index (κ3) is 9.65. The van der Waals surface area contributed by atoms with Gasteiger partial charge in [-0.15, -0.1) is 4.36 Å². The first-order valence-electron chi connectivity index (χ1n) is 8.11. The van der Waals surface area contributed by atoms with Gasteiger partial charge in [-0.05, 0) is 17.4 Å². The molecule has 0 aromatic carbocycles. The molecule has 2 atom stereocenters. The molecule has 0 radical (unpaired) electrons. The van der Waals surface area contributed by atoms with Crippen LogP contribution in [0.1, 0.15) is 11.1 Å². The van der Waals surface area contributed by atoms with E-state index in [4.69, 9.17) is 20.0 Å². The lowest BCUT2D eigenvalue weighted by atomic mass is 10.3. The van der Waals surface area contributed by atoms with Crippen LogP contribution in [0, 0.1) is 22.9 Å². The molecule has 154 valence electrons. The summed E-state index contributed by atoms with van der Waals surface area (Å²) >= 11 is 0. The van der Waals surface area contributed by atoms with Crippen molar-refractivity contribution in [1.29, 1.82) is 10.5 Å². The lowest BCUT2D eigenvalue weighted by Crippen LogP contribution is -2.01. The van der Waals surface area contributed by atoms with Gasteiger partial charge in [0.25, 0.3) is 0 Å². The van der Waals surface area contributed by atoms with Crippen LogP contribution in [-0.4, -0.2) is 40.9 Å². The van der Waals surface area contributed by atoms with E-state index in [1.54, 1.807) is 50.1 Å². The van der Waals surface area contributed by atoms with E-state index in [0.29, 0.717) is 11.8 Å². The lowest BCUT2D eigenvalue weighted by molar-refractivity contribution is 0.397. The normalized spacial score (nSPS) is 12.9. The minimum atomic E-state index is -2.47. The maximum Gasteiger partial charge on any atom is 0.214 e. The van der Waals surface area contributed by atoms with E-state index in [9.17, 15) is 4.21 Å². The monoisotopic (exact) mass is 434 g/mol. The van der Waals surface area contributed by atoms with Crippen molar-refractivity contribution < 1.29 is 13.7 Å². The number of nitrogens with zero attached hydrogens (tertiary/aromatic N) is 6. The van der Waals surface area contributed by atoms with E-state index in [0.717, 1.165) is 16.9 Å². The average Bonchev–Trinajstić information content (AvgIpc) is 2.69. The number of hydrogen-bond donors (Lipinski definition) is 0. The summed E-state index contributed by atoms with van der Waals surface area (Å²) in [6.07, 6.45) is 10.0. The molecule has 0 saturated heterocycles. The Morgan fingerprint density at radius 2 is 1.59 bits per heavy atom. The zero-order valence-corrected chi connectivity index (χ0v) is 18.2. The molecule has 0 bridgehead atoms. The molecule has 0 spiro atoms. The van der Waals surface area contributed by atoms with Crippen LogP contribution in [-0.2, 0) is 31.9 Å². The number of nitriles is 2. The van der Waals surface area contributed by atoms with Crippen LogP contribution in [0.4, 0.5) is 0 Å². The molecule has 0 aliphatic carbocycles. The number of ether oxygens (including phenoxy) is 2. The number of rotatable bonds is 6. The predicted molar refractivity (Wildman–Crippen MR) is 112 cm³/mol. The van der Waals surface area contributed by atoms with E-state index in [1.165, 1.54) is 13.4 Å². The Balaban J connectivity index is 0.000000291. The lowest BCUT2D eigenvalue weighted by Gasteiger charge is -2.02. The molecule has 2 unspecified atom stereocenters. The Morgan fingerprint density at radius 3 is 2.00 bits per heavy atom. The van der Waals surface area contributed by atoms with Crippen LogP contribution < -0.4 is 9.47 Å². The van der Waals surface area contributed by atoms with E-state index in [-0.39, 0.29) is 16.4 Å². The Labute approximate surface area is 173 Å². The number of aromatic nitrogens is 2. The summed E-state index contributed by atoms with van der Waals surface area (Å²) in [7, 11) is 0.387. The summed E-state index contributed by atoms with van der Waals surface area (Å²) in [6, 6.07) is 7.17. The van der Waals surface area contributed by atoms with Crippen LogP contribution in [0.5, 0.6) is 11.8 Å². The van der Waals surface area contributed by atoms with Gasteiger partial charge in [0.15, 0.2) is 0 Å². The van der Waals surface area contributed by atoms with Crippen molar-refractivity contribution >= 4 is 20.4 Å². The standard InChI is InChI=1S/C9H11N3O2S.C9H11N3OS/c1-14-9-4-3-8(5-11-9)6-15(2,13)12-7-10;1-13-9-4-3-8(5-11-9)6-14(2)12-7-10/h3-5H,6H2,1-2H3;3-5H,6H2,1-2H3. The maximum atomic E-state index is 11.7. The van der Waals surface area contributed by atoms with Crippen molar-refractivity contribution in [2.45, 2.75) is 11.5 Å². The average molecular weight is 435 g/mol. The zero-order chi connectivity index (χ0) is 21.7. The molecule has 11 heteroatoms. The maximum absolute atomic E-state index is 11.7. The molecule has 0 fully saturated rings. The van der Waals surface area contributed by atoms with Crippen molar-refractivity contribution in [1.82, 2.24) is 9.97 Å². The number of pyridine rings is 2. The van der Waals surface area contributed by atoms with Crippen molar-refractivity contribution in [3.63, 3.8) is 0 Å². The largest absolute Gasteiger partial charge is 0.481 e. The molecule has 2 aromatic heterocycles. The number of hydrogen-bond acceptors (Lipinski definition) is 9. The van der Waals surface area contributed by atoms with Crippen LogP contribution in [0.3, 0.4) is 0 Å². The second kappa shape index (κ2) is 12.4. The van der Waals surface area contributed by atoms with Crippen molar-refractivity contribution in [3.8, 4) is 24.1 Å². The highest BCUT2D eigenvalue weighted by Gasteiger charge is 2.04. The smallest absolute Gasteiger partial charge is 0.214 e. The van der Waals surface area contributed by atoms with Gasteiger partial charge in [0.05, 0.1) is 29.7 Å². The fourth-order valence-corrected chi connectivity index (χ4v) is 3.89. The summed E-state index contributed by atoms with van der Waals surface area (Å²) in [6.45, 7) is 0. The third-order valence-electron chi connectivity index (χ3n) is 3.25. The molecule has 0 aliphatic rings. The Kier molecular flexibility index (Phi) is 10.3. The molecule has 2 aromatic rings. The Bertz CT molecular complexity index is 1020. The summed E-state index contributed by atoms with van der Waals surface area (Å²) in [5, 5.41) is 16.7. The van der Waals surface area contributed by atoms with Gasteiger partial charge in [-0.1, -0.05) is 22.8 Å². The summed E-state index contributed by atoms with van der Waals surface area (Å²) in [5.41, 5.74) is 1.83. The van der Waals surface area contributed by atoms with Gasteiger partial charge in [0.2, 0.25) is 24.1 Å². The van der Waals surface area contributed by atoms with E-state index in [1.807, 2.05) is 12.3 Å². The van der Waals surface area contributed by atoms with Gasteiger partial charge in [-0.25, -0.2) is 14.2 Å². The Morgan fingerprint density at radius 1 is 1.03 bits per heavy atom. The van der Waals surface area contributed by atoms with Crippen LogP contribution in [0.15, 0.2) is 45.4 Å². The first-order chi connectivity index (χ1) is 13.8. The predicted octanol–water partition coefficient (Wildman–Crippen LogP) is 2.67. The van der Waals surface area contributed by atoms with E-state index in [2.05, 4.69) is 18.7 Å². The summed E-state index contributed by atoms with van der Waals surface area (Å²) in [5.74, 6) is 2.07. The van der Waals surface area contributed by atoms with Gasteiger partial charge in [0, 0.05) is 36.5 Å². The molecule has 0 aliphatic heterocycles. The van der Waals surface area contributed by atoms with Crippen LogP contribution >= 0.6 is 0 Å².